The molecule has 0 aliphatic carbocycles. The molecule has 124 valence electrons. The highest BCUT2D eigenvalue weighted by Crippen LogP contribution is 2.11. The Hall–Kier alpha value is -2.05. The normalized spacial score (nSPS) is 15.1. The lowest BCUT2D eigenvalue weighted by Crippen LogP contribution is -2.49. The minimum Gasteiger partial charge on any atom is -0.450 e. The van der Waals surface area contributed by atoms with Crippen molar-refractivity contribution in [3.05, 3.63) is 12.7 Å². The van der Waals surface area contributed by atoms with Crippen LogP contribution in [0.1, 0.15) is 26.7 Å². The molecule has 1 rings (SSSR count). The van der Waals surface area contributed by atoms with Crippen molar-refractivity contribution >= 4 is 17.9 Å². The minimum atomic E-state index is -0.305. The van der Waals surface area contributed by atoms with Gasteiger partial charge in [0, 0.05) is 32.6 Å². The monoisotopic (exact) mass is 311 g/mol. The summed E-state index contributed by atoms with van der Waals surface area (Å²) < 4.78 is 4.95. The Balaban J connectivity index is 2.36. The third-order valence-electron chi connectivity index (χ3n) is 3.52. The fourth-order valence-corrected chi connectivity index (χ4v) is 2.33. The Morgan fingerprint density at radius 1 is 1.36 bits per heavy atom. The van der Waals surface area contributed by atoms with Crippen LogP contribution in [0, 0.1) is 0 Å². The molecule has 0 atom stereocenters. The molecule has 0 bridgehead atoms. The highest BCUT2D eigenvalue weighted by atomic mass is 16.6. The van der Waals surface area contributed by atoms with Crippen LogP contribution in [-0.2, 0) is 14.3 Å². The zero-order valence-corrected chi connectivity index (χ0v) is 13.3. The molecule has 1 N–H and O–H groups in total. The summed E-state index contributed by atoms with van der Waals surface area (Å²) in [6.45, 7) is 8.63. The second-order valence-electron chi connectivity index (χ2n) is 5.22. The number of carbonyl (C=O) groups is 3. The maximum Gasteiger partial charge on any atom is 0.409 e. The Labute approximate surface area is 131 Å². The van der Waals surface area contributed by atoms with Crippen LogP contribution in [0.5, 0.6) is 0 Å². The number of carbonyl (C=O) groups excluding carboxylic acids is 3. The number of nitrogens with one attached hydrogen (secondary N) is 1. The predicted molar refractivity (Wildman–Crippen MR) is 82.2 cm³/mol. The van der Waals surface area contributed by atoms with Crippen molar-refractivity contribution in [1.29, 1.82) is 0 Å². The molecule has 0 aromatic rings. The molecule has 1 heterocycles. The summed E-state index contributed by atoms with van der Waals surface area (Å²) in [5, 5.41) is 2.91. The number of nitrogens with zero attached hydrogens (tertiary/aromatic N) is 2. The molecular weight excluding hydrogens is 286 g/mol. The van der Waals surface area contributed by atoms with Gasteiger partial charge in [0.2, 0.25) is 11.8 Å². The first-order chi connectivity index (χ1) is 10.5. The van der Waals surface area contributed by atoms with Crippen LogP contribution in [0.25, 0.3) is 0 Å². The van der Waals surface area contributed by atoms with E-state index in [1.807, 2.05) is 0 Å². The SMILES string of the molecule is C=CCN(CC(=O)NC1CCN(C(=O)OCC)CC1)C(C)=O. The zero-order chi connectivity index (χ0) is 16.5. The van der Waals surface area contributed by atoms with Gasteiger partial charge in [-0.05, 0) is 19.8 Å². The first-order valence-corrected chi connectivity index (χ1v) is 7.55. The van der Waals surface area contributed by atoms with E-state index < -0.39 is 0 Å². The molecule has 0 saturated carbocycles. The Morgan fingerprint density at radius 3 is 2.50 bits per heavy atom. The van der Waals surface area contributed by atoms with Crippen molar-refractivity contribution < 1.29 is 19.1 Å². The Kier molecular flexibility index (Phi) is 7.42. The van der Waals surface area contributed by atoms with Crippen molar-refractivity contribution in [3.8, 4) is 0 Å². The molecule has 0 radical (unpaired) electrons. The lowest BCUT2D eigenvalue weighted by molar-refractivity contribution is -0.134. The molecule has 0 spiro atoms. The number of amides is 3. The summed E-state index contributed by atoms with van der Waals surface area (Å²) >= 11 is 0. The molecule has 22 heavy (non-hydrogen) atoms. The topological polar surface area (TPSA) is 79.0 Å². The molecule has 7 nitrogen and oxygen atoms in total. The summed E-state index contributed by atoms with van der Waals surface area (Å²) in [6, 6.07) is 0.0238. The lowest BCUT2D eigenvalue weighted by Gasteiger charge is -2.32. The number of hydrogen-bond donors (Lipinski definition) is 1. The molecule has 1 saturated heterocycles. The van der Waals surface area contributed by atoms with E-state index in [0.717, 1.165) is 0 Å². The van der Waals surface area contributed by atoms with Crippen LogP contribution >= 0.6 is 0 Å². The van der Waals surface area contributed by atoms with E-state index in [2.05, 4.69) is 11.9 Å². The third-order valence-corrected chi connectivity index (χ3v) is 3.52. The quantitative estimate of drug-likeness (QED) is 0.735. The van der Waals surface area contributed by atoms with Gasteiger partial charge in [-0.2, -0.15) is 0 Å². The van der Waals surface area contributed by atoms with E-state index in [9.17, 15) is 14.4 Å². The number of piperidine rings is 1. The van der Waals surface area contributed by atoms with Gasteiger partial charge in [-0.3, -0.25) is 9.59 Å². The van der Waals surface area contributed by atoms with Crippen molar-refractivity contribution in [2.24, 2.45) is 0 Å². The summed E-state index contributed by atoms with van der Waals surface area (Å²) in [7, 11) is 0. The van der Waals surface area contributed by atoms with Crippen LogP contribution in [-0.4, -0.2) is 66.5 Å². The van der Waals surface area contributed by atoms with E-state index in [-0.39, 0.29) is 30.5 Å². The maximum absolute atomic E-state index is 12.0. The second kappa shape index (κ2) is 9.07. The molecule has 0 unspecified atom stereocenters. The lowest BCUT2D eigenvalue weighted by atomic mass is 10.1. The Morgan fingerprint density at radius 2 is 2.00 bits per heavy atom. The van der Waals surface area contributed by atoms with Crippen LogP contribution in [0.2, 0.25) is 0 Å². The molecule has 7 heteroatoms. The van der Waals surface area contributed by atoms with E-state index >= 15 is 0 Å². The maximum atomic E-state index is 12.0. The van der Waals surface area contributed by atoms with Gasteiger partial charge in [0.1, 0.15) is 0 Å². The summed E-state index contributed by atoms with van der Waals surface area (Å²) in [5.41, 5.74) is 0. The first kappa shape index (κ1) is 18.0. The molecule has 3 amide bonds. The highest BCUT2D eigenvalue weighted by Gasteiger charge is 2.25. The van der Waals surface area contributed by atoms with Gasteiger partial charge >= 0.3 is 6.09 Å². The zero-order valence-electron chi connectivity index (χ0n) is 13.3. The van der Waals surface area contributed by atoms with Crippen LogP contribution in [0.3, 0.4) is 0 Å². The van der Waals surface area contributed by atoms with Gasteiger partial charge in [0.15, 0.2) is 0 Å². The average molecular weight is 311 g/mol. The number of hydrogen-bond acceptors (Lipinski definition) is 4. The fraction of sp³-hybridized carbons (Fsp3) is 0.667. The van der Waals surface area contributed by atoms with E-state index in [0.29, 0.717) is 39.1 Å². The third kappa shape index (κ3) is 5.75. The van der Waals surface area contributed by atoms with Crippen LogP contribution in [0.15, 0.2) is 12.7 Å². The van der Waals surface area contributed by atoms with Gasteiger partial charge in [-0.15, -0.1) is 6.58 Å². The number of rotatable bonds is 6. The molecule has 1 aliphatic rings. The van der Waals surface area contributed by atoms with E-state index in [1.54, 1.807) is 17.9 Å². The summed E-state index contributed by atoms with van der Waals surface area (Å²) in [6.07, 6.45) is 2.66. The van der Waals surface area contributed by atoms with Crippen LogP contribution < -0.4 is 5.32 Å². The molecule has 1 aliphatic heterocycles. The molecular formula is C15H25N3O4. The second-order valence-corrected chi connectivity index (χ2v) is 5.22. The smallest absolute Gasteiger partial charge is 0.409 e. The number of likely N-dealkylation sites (tertiary alicyclic amines) is 1. The van der Waals surface area contributed by atoms with Gasteiger partial charge in [-0.1, -0.05) is 6.08 Å². The predicted octanol–water partition coefficient (Wildman–Crippen LogP) is 0.758. The van der Waals surface area contributed by atoms with Crippen molar-refractivity contribution in [3.63, 3.8) is 0 Å². The largest absolute Gasteiger partial charge is 0.450 e. The molecule has 0 aromatic carbocycles. The van der Waals surface area contributed by atoms with E-state index in [1.165, 1.54) is 11.8 Å². The van der Waals surface area contributed by atoms with Crippen molar-refractivity contribution in [1.82, 2.24) is 15.1 Å². The van der Waals surface area contributed by atoms with Crippen molar-refractivity contribution in [2.45, 2.75) is 32.7 Å². The molecule has 0 aromatic heterocycles. The van der Waals surface area contributed by atoms with E-state index in [4.69, 9.17) is 4.74 Å². The fourth-order valence-electron chi connectivity index (χ4n) is 2.33. The van der Waals surface area contributed by atoms with Crippen LogP contribution in [0.4, 0.5) is 4.79 Å². The minimum absolute atomic E-state index is 0.0238. The molecule has 1 fully saturated rings. The van der Waals surface area contributed by atoms with Gasteiger partial charge in [-0.25, -0.2) is 4.79 Å². The average Bonchev–Trinajstić information content (AvgIpc) is 2.47. The van der Waals surface area contributed by atoms with Gasteiger partial charge in [0.05, 0.1) is 13.2 Å². The highest BCUT2D eigenvalue weighted by molar-refractivity contribution is 5.84. The van der Waals surface area contributed by atoms with Gasteiger partial charge in [0.25, 0.3) is 0 Å². The first-order valence-electron chi connectivity index (χ1n) is 7.55. The van der Waals surface area contributed by atoms with Gasteiger partial charge < -0.3 is 19.9 Å². The number of ether oxygens (including phenoxy) is 1. The Bertz CT molecular complexity index is 417. The van der Waals surface area contributed by atoms with Crippen molar-refractivity contribution in [2.75, 3.05) is 32.8 Å². The standard InChI is InChI=1S/C15H25N3O4/c1-4-8-18(12(3)19)11-14(20)16-13-6-9-17(10-7-13)15(21)22-5-2/h4,13H,1,5-11H2,2-3H3,(H,16,20). The summed E-state index contributed by atoms with van der Waals surface area (Å²) in [5.74, 6) is -0.348. The summed E-state index contributed by atoms with van der Waals surface area (Å²) in [4.78, 5) is 38.0.